The second kappa shape index (κ2) is 7.02. The fourth-order valence-corrected chi connectivity index (χ4v) is 3.67. The number of benzene rings is 1. The molecule has 1 aromatic carbocycles. The number of nitrogens with zero attached hydrogens (tertiary/aromatic N) is 2. The zero-order chi connectivity index (χ0) is 16.3. The van der Waals surface area contributed by atoms with Gasteiger partial charge in [-0.15, -0.1) is 0 Å². The first-order valence-electron chi connectivity index (χ1n) is 8.78. The van der Waals surface area contributed by atoms with Crippen molar-refractivity contribution in [3.8, 4) is 0 Å². The van der Waals surface area contributed by atoms with E-state index in [0.717, 1.165) is 45.6 Å². The average Bonchev–Trinajstić information content (AvgIpc) is 2.54. The maximum atomic E-state index is 12.8. The molecule has 2 saturated heterocycles. The van der Waals surface area contributed by atoms with Crippen molar-refractivity contribution >= 4 is 5.91 Å². The smallest absolute Gasteiger partial charge is 0.229 e. The van der Waals surface area contributed by atoms with Crippen molar-refractivity contribution in [2.45, 2.75) is 39.4 Å². The molecule has 126 valence electrons. The van der Waals surface area contributed by atoms with E-state index in [1.807, 2.05) is 23.1 Å². The Hall–Kier alpha value is -1.39. The van der Waals surface area contributed by atoms with E-state index in [0.29, 0.717) is 12.5 Å². The SMILES string of the molecule is CCN1CCC[C@](C)(C(=O)N2CC(OCc3ccccc3)C2)C1. The molecule has 3 rings (SSSR count). The van der Waals surface area contributed by atoms with E-state index in [4.69, 9.17) is 4.74 Å². The molecular formula is C19H28N2O2. The van der Waals surface area contributed by atoms with Gasteiger partial charge in [-0.25, -0.2) is 0 Å². The summed E-state index contributed by atoms with van der Waals surface area (Å²) in [5, 5.41) is 0. The van der Waals surface area contributed by atoms with Crippen LogP contribution in [0.3, 0.4) is 0 Å². The first kappa shape index (κ1) is 16.5. The molecule has 23 heavy (non-hydrogen) atoms. The van der Waals surface area contributed by atoms with Crippen LogP contribution in [0.4, 0.5) is 0 Å². The zero-order valence-corrected chi connectivity index (χ0v) is 14.3. The van der Waals surface area contributed by atoms with Crippen molar-refractivity contribution in [3.63, 3.8) is 0 Å². The number of likely N-dealkylation sites (tertiary alicyclic amines) is 2. The molecule has 0 unspecified atom stereocenters. The number of rotatable bonds is 5. The molecule has 4 heteroatoms. The van der Waals surface area contributed by atoms with Gasteiger partial charge in [0.25, 0.3) is 0 Å². The van der Waals surface area contributed by atoms with Crippen molar-refractivity contribution in [1.82, 2.24) is 9.80 Å². The van der Waals surface area contributed by atoms with E-state index >= 15 is 0 Å². The predicted octanol–water partition coefficient (Wildman–Crippen LogP) is 2.54. The van der Waals surface area contributed by atoms with E-state index in [9.17, 15) is 4.79 Å². The van der Waals surface area contributed by atoms with Gasteiger partial charge in [0.2, 0.25) is 5.91 Å². The van der Waals surface area contributed by atoms with Crippen LogP contribution in [0.25, 0.3) is 0 Å². The van der Waals surface area contributed by atoms with Crippen LogP contribution in [0.1, 0.15) is 32.3 Å². The molecule has 2 aliphatic heterocycles. The molecule has 2 fully saturated rings. The van der Waals surface area contributed by atoms with Crippen LogP contribution < -0.4 is 0 Å². The van der Waals surface area contributed by atoms with Gasteiger partial charge in [-0.2, -0.15) is 0 Å². The number of amides is 1. The van der Waals surface area contributed by atoms with Crippen LogP contribution in [0, 0.1) is 5.41 Å². The van der Waals surface area contributed by atoms with Crippen LogP contribution in [-0.2, 0) is 16.1 Å². The monoisotopic (exact) mass is 316 g/mol. The summed E-state index contributed by atoms with van der Waals surface area (Å²) in [5.41, 5.74) is 0.980. The molecule has 2 heterocycles. The second-order valence-electron chi connectivity index (χ2n) is 7.16. The Kier molecular flexibility index (Phi) is 5.02. The number of hydrogen-bond acceptors (Lipinski definition) is 3. The third-order valence-electron chi connectivity index (χ3n) is 5.20. The number of ether oxygens (including phenoxy) is 1. The number of carbonyl (C=O) groups excluding carboxylic acids is 1. The van der Waals surface area contributed by atoms with Gasteiger partial charge < -0.3 is 14.5 Å². The van der Waals surface area contributed by atoms with Crippen LogP contribution in [0.2, 0.25) is 0 Å². The van der Waals surface area contributed by atoms with Crippen molar-refractivity contribution in [3.05, 3.63) is 35.9 Å². The van der Waals surface area contributed by atoms with Crippen LogP contribution in [0.15, 0.2) is 30.3 Å². The van der Waals surface area contributed by atoms with Crippen molar-refractivity contribution in [1.29, 1.82) is 0 Å². The van der Waals surface area contributed by atoms with Gasteiger partial charge >= 0.3 is 0 Å². The molecule has 1 amide bonds. The maximum Gasteiger partial charge on any atom is 0.229 e. The van der Waals surface area contributed by atoms with Crippen molar-refractivity contribution < 1.29 is 9.53 Å². The van der Waals surface area contributed by atoms with Crippen LogP contribution in [-0.4, -0.2) is 54.5 Å². The van der Waals surface area contributed by atoms with Gasteiger partial charge in [-0.3, -0.25) is 4.79 Å². The van der Waals surface area contributed by atoms with Gasteiger partial charge in [-0.1, -0.05) is 37.3 Å². The third kappa shape index (κ3) is 3.75. The number of carbonyl (C=O) groups is 1. The summed E-state index contributed by atoms with van der Waals surface area (Å²) in [6.45, 7) is 9.49. The lowest BCUT2D eigenvalue weighted by atomic mass is 9.79. The second-order valence-corrected chi connectivity index (χ2v) is 7.16. The van der Waals surface area contributed by atoms with E-state index in [2.05, 4.69) is 30.9 Å². The Morgan fingerprint density at radius 3 is 2.74 bits per heavy atom. The highest BCUT2D eigenvalue weighted by Crippen LogP contribution is 2.33. The fourth-order valence-electron chi connectivity index (χ4n) is 3.67. The lowest BCUT2D eigenvalue weighted by molar-refractivity contribution is -0.159. The molecule has 0 bridgehead atoms. The van der Waals surface area contributed by atoms with Gasteiger partial charge in [0.15, 0.2) is 0 Å². The molecule has 0 radical (unpaired) electrons. The molecule has 4 nitrogen and oxygen atoms in total. The molecule has 0 aromatic heterocycles. The molecule has 1 atom stereocenters. The predicted molar refractivity (Wildman–Crippen MR) is 91.1 cm³/mol. The highest BCUT2D eigenvalue weighted by atomic mass is 16.5. The summed E-state index contributed by atoms with van der Waals surface area (Å²) in [6.07, 6.45) is 2.32. The van der Waals surface area contributed by atoms with E-state index in [1.54, 1.807) is 0 Å². The van der Waals surface area contributed by atoms with Crippen LogP contribution >= 0.6 is 0 Å². The summed E-state index contributed by atoms with van der Waals surface area (Å²) in [5.74, 6) is 0.315. The normalized spacial score (nSPS) is 26.1. The van der Waals surface area contributed by atoms with Gasteiger partial charge in [0.1, 0.15) is 0 Å². The van der Waals surface area contributed by atoms with Gasteiger partial charge in [0, 0.05) is 19.6 Å². The topological polar surface area (TPSA) is 32.8 Å². The minimum atomic E-state index is -0.210. The highest BCUT2D eigenvalue weighted by molar-refractivity contribution is 5.83. The van der Waals surface area contributed by atoms with E-state index < -0.39 is 0 Å². The van der Waals surface area contributed by atoms with Crippen molar-refractivity contribution in [2.24, 2.45) is 5.41 Å². The van der Waals surface area contributed by atoms with Gasteiger partial charge in [0.05, 0.1) is 18.1 Å². The Balaban J connectivity index is 1.46. The minimum absolute atomic E-state index is 0.189. The Morgan fingerprint density at radius 2 is 2.04 bits per heavy atom. The molecule has 1 aromatic rings. The van der Waals surface area contributed by atoms with Crippen LogP contribution in [0.5, 0.6) is 0 Å². The van der Waals surface area contributed by atoms with E-state index in [-0.39, 0.29) is 11.5 Å². The number of hydrogen-bond donors (Lipinski definition) is 0. The Labute approximate surface area is 139 Å². The molecule has 0 aliphatic carbocycles. The van der Waals surface area contributed by atoms with E-state index in [1.165, 1.54) is 5.56 Å². The zero-order valence-electron chi connectivity index (χ0n) is 14.3. The molecule has 0 spiro atoms. The summed E-state index contributed by atoms with van der Waals surface area (Å²) in [6, 6.07) is 10.2. The third-order valence-corrected chi connectivity index (χ3v) is 5.20. The summed E-state index contributed by atoms with van der Waals surface area (Å²) in [7, 11) is 0. The quantitative estimate of drug-likeness (QED) is 0.837. The summed E-state index contributed by atoms with van der Waals surface area (Å²) < 4.78 is 5.90. The highest BCUT2D eigenvalue weighted by Gasteiger charge is 2.43. The first-order chi connectivity index (χ1) is 11.1. The first-order valence-corrected chi connectivity index (χ1v) is 8.78. The summed E-state index contributed by atoms with van der Waals surface area (Å²) in [4.78, 5) is 17.2. The Bertz CT molecular complexity index is 527. The molecule has 2 aliphatic rings. The fraction of sp³-hybridized carbons (Fsp3) is 0.632. The Morgan fingerprint density at radius 1 is 1.30 bits per heavy atom. The minimum Gasteiger partial charge on any atom is -0.370 e. The van der Waals surface area contributed by atoms with Gasteiger partial charge in [-0.05, 0) is 38.4 Å². The largest absolute Gasteiger partial charge is 0.370 e. The number of piperidine rings is 1. The average molecular weight is 316 g/mol. The molecular weight excluding hydrogens is 288 g/mol. The molecule has 0 saturated carbocycles. The lowest BCUT2D eigenvalue weighted by Gasteiger charge is -2.46. The maximum absolute atomic E-state index is 12.8. The summed E-state index contributed by atoms with van der Waals surface area (Å²) >= 11 is 0. The lowest BCUT2D eigenvalue weighted by Crippen LogP contribution is -2.60. The standard InChI is InChI=1S/C19H28N2O2/c1-3-20-11-7-10-19(2,15-20)18(22)21-12-17(13-21)23-14-16-8-5-4-6-9-16/h4-6,8-9,17H,3,7,10-15H2,1-2H3/t19-/m0/s1. The van der Waals surface area contributed by atoms with Crippen molar-refractivity contribution in [2.75, 3.05) is 32.7 Å². The molecule has 0 N–H and O–H groups in total.